The molecule has 0 bridgehead atoms. The van der Waals surface area contributed by atoms with Crippen LogP contribution in [-0.4, -0.2) is 23.4 Å². The van der Waals surface area contributed by atoms with Gasteiger partial charge in [-0.15, -0.1) is 5.10 Å². The fraction of sp³-hybridized carbons (Fsp3) is 0.273. The third-order valence-electron chi connectivity index (χ3n) is 4.51. The van der Waals surface area contributed by atoms with Crippen LogP contribution in [0, 0.1) is 6.92 Å². The fourth-order valence-electron chi connectivity index (χ4n) is 2.83. The molecule has 0 radical (unpaired) electrons. The Balaban J connectivity index is 1.94. The van der Waals surface area contributed by atoms with E-state index in [1.165, 1.54) is 4.31 Å². The van der Waals surface area contributed by atoms with Crippen LogP contribution in [0.25, 0.3) is 6.20 Å². The molecule has 3 rings (SSSR count). The smallest absolute Gasteiger partial charge is 0.242 e. The minimum atomic E-state index is -3.79. The minimum Gasteiger partial charge on any atom is -0.242 e. The van der Waals surface area contributed by atoms with Crippen molar-refractivity contribution in [1.82, 2.24) is 15.0 Å². The first-order chi connectivity index (χ1) is 14.0. The first kappa shape index (κ1) is 20.8. The number of sulfonamides is 1. The molecule has 0 aliphatic heterocycles. The van der Waals surface area contributed by atoms with Gasteiger partial charge in [0, 0.05) is 6.20 Å². The summed E-state index contributed by atoms with van der Waals surface area (Å²) < 4.78 is 29.6. The highest BCUT2D eigenvalue weighted by molar-refractivity contribution is 7.92. The molecule has 0 spiro atoms. The van der Waals surface area contributed by atoms with Crippen LogP contribution in [-0.2, 0) is 16.6 Å². The summed E-state index contributed by atoms with van der Waals surface area (Å²) in [4.78, 5) is 0.229. The van der Waals surface area contributed by atoms with Crippen LogP contribution in [0.1, 0.15) is 37.3 Å². The molecule has 0 aliphatic rings. The van der Waals surface area contributed by atoms with Gasteiger partial charge >= 0.3 is 0 Å². The Morgan fingerprint density at radius 3 is 2.48 bits per heavy atom. The van der Waals surface area contributed by atoms with Crippen molar-refractivity contribution in [3.8, 4) is 0 Å². The molecular weight excluding hydrogens is 384 g/mol. The lowest BCUT2D eigenvalue weighted by Gasteiger charge is -2.22. The van der Waals surface area contributed by atoms with E-state index in [4.69, 9.17) is 0 Å². The molecule has 0 amide bonds. The van der Waals surface area contributed by atoms with E-state index in [0.717, 1.165) is 30.4 Å². The van der Waals surface area contributed by atoms with Gasteiger partial charge in [0.15, 0.2) is 5.82 Å². The zero-order valence-corrected chi connectivity index (χ0v) is 17.6. The first-order valence-corrected chi connectivity index (χ1v) is 11.2. The molecule has 29 heavy (non-hydrogen) atoms. The van der Waals surface area contributed by atoms with Crippen LogP contribution in [0.4, 0.5) is 5.82 Å². The quantitative estimate of drug-likeness (QED) is 0.482. The molecule has 7 heteroatoms. The number of allylic oxidation sites excluding steroid dienone is 1. The molecule has 0 N–H and O–H groups in total. The van der Waals surface area contributed by atoms with Crippen molar-refractivity contribution in [3.05, 3.63) is 78.0 Å². The second-order valence-electron chi connectivity index (χ2n) is 6.89. The Hall–Kier alpha value is -2.93. The van der Waals surface area contributed by atoms with Gasteiger partial charge in [0.2, 0.25) is 0 Å². The highest BCUT2D eigenvalue weighted by Gasteiger charge is 2.27. The lowest BCUT2D eigenvalue weighted by Crippen LogP contribution is -2.31. The predicted octanol–water partition coefficient (Wildman–Crippen LogP) is 4.64. The molecule has 6 nitrogen and oxygen atoms in total. The number of anilines is 1. The number of hydrogen-bond donors (Lipinski definition) is 0. The molecule has 0 atom stereocenters. The van der Waals surface area contributed by atoms with Gasteiger partial charge in [0.1, 0.15) is 0 Å². The van der Waals surface area contributed by atoms with E-state index < -0.39 is 10.0 Å². The van der Waals surface area contributed by atoms with Gasteiger partial charge in [0.05, 0.1) is 17.6 Å². The summed E-state index contributed by atoms with van der Waals surface area (Å²) in [7, 11) is -3.79. The van der Waals surface area contributed by atoms with Gasteiger partial charge in [-0.3, -0.25) is 0 Å². The highest BCUT2D eigenvalue weighted by Crippen LogP contribution is 2.24. The van der Waals surface area contributed by atoms with Crippen molar-refractivity contribution < 1.29 is 8.42 Å². The summed E-state index contributed by atoms with van der Waals surface area (Å²) in [6.07, 6.45) is 8.62. The van der Waals surface area contributed by atoms with Gasteiger partial charge in [-0.25, -0.2) is 17.4 Å². The van der Waals surface area contributed by atoms with E-state index in [-0.39, 0.29) is 17.3 Å². The average molecular weight is 411 g/mol. The summed E-state index contributed by atoms with van der Waals surface area (Å²) in [5, 5.41) is 8.20. The maximum absolute atomic E-state index is 13.4. The number of rotatable bonds is 9. The van der Waals surface area contributed by atoms with Gasteiger partial charge in [0.25, 0.3) is 10.0 Å². The highest BCUT2D eigenvalue weighted by atomic mass is 32.2. The monoisotopic (exact) mass is 410 g/mol. The summed E-state index contributed by atoms with van der Waals surface area (Å²) in [6.45, 7) is 4.24. The zero-order chi connectivity index (χ0) is 20.7. The fourth-order valence-corrected chi connectivity index (χ4v) is 4.22. The number of benzene rings is 2. The summed E-state index contributed by atoms with van der Waals surface area (Å²) in [5.41, 5.74) is 1.87. The molecular formula is C22H26N4O2S. The number of unbranched alkanes of at least 4 members (excludes halogenated alkanes) is 2. The molecule has 3 aromatic rings. The minimum absolute atomic E-state index is 0.176. The molecule has 0 fully saturated rings. The normalized spacial score (nSPS) is 11.8. The maximum atomic E-state index is 13.4. The van der Waals surface area contributed by atoms with Crippen LogP contribution in [0.3, 0.4) is 0 Å². The van der Waals surface area contributed by atoms with Crippen LogP contribution < -0.4 is 4.31 Å². The average Bonchev–Trinajstić information content (AvgIpc) is 3.19. The molecule has 2 aromatic carbocycles. The number of nitrogens with zero attached hydrogens (tertiary/aromatic N) is 4. The van der Waals surface area contributed by atoms with E-state index in [9.17, 15) is 8.42 Å². The van der Waals surface area contributed by atoms with E-state index in [0.29, 0.717) is 0 Å². The predicted molar refractivity (Wildman–Crippen MR) is 116 cm³/mol. The van der Waals surface area contributed by atoms with Crippen molar-refractivity contribution in [3.63, 3.8) is 0 Å². The van der Waals surface area contributed by atoms with Crippen LogP contribution >= 0.6 is 0 Å². The SMILES string of the molecule is CCCC/C=C/n1cc(N(Cc2ccccc2)S(=O)(=O)c2ccc(C)cc2)nn1. The summed E-state index contributed by atoms with van der Waals surface area (Å²) in [5.74, 6) is 0.287. The number of aromatic nitrogens is 3. The molecule has 0 saturated heterocycles. The Labute approximate surface area is 172 Å². The first-order valence-electron chi connectivity index (χ1n) is 9.72. The Kier molecular flexibility index (Phi) is 6.82. The van der Waals surface area contributed by atoms with Gasteiger partial charge < -0.3 is 0 Å². The third-order valence-corrected chi connectivity index (χ3v) is 6.28. The Morgan fingerprint density at radius 2 is 1.79 bits per heavy atom. The molecule has 152 valence electrons. The van der Waals surface area contributed by atoms with E-state index >= 15 is 0 Å². The van der Waals surface area contributed by atoms with Crippen molar-refractivity contribution >= 4 is 22.0 Å². The zero-order valence-electron chi connectivity index (χ0n) is 16.8. The van der Waals surface area contributed by atoms with Crippen molar-refractivity contribution in [1.29, 1.82) is 0 Å². The maximum Gasteiger partial charge on any atom is 0.265 e. The van der Waals surface area contributed by atoms with Crippen molar-refractivity contribution in [2.24, 2.45) is 0 Å². The van der Waals surface area contributed by atoms with E-state index in [1.807, 2.05) is 49.5 Å². The molecule has 0 unspecified atom stereocenters. The molecule has 0 aliphatic carbocycles. The molecule has 0 saturated carbocycles. The van der Waals surface area contributed by atoms with Crippen LogP contribution in [0.5, 0.6) is 0 Å². The third kappa shape index (κ3) is 5.32. The topological polar surface area (TPSA) is 68.1 Å². The molecule has 1 aromatic heterocycles. The van der Waals surface area contributed by atoms with Gasteiger partial charge in [-0.2, -0.15) is 0 Å². The summed E-state index contributed by atoms with van der Waals surface area (Å²) in [6, 6.07) is 16.3. The Bertz CT molecular complexity index is 1040. The second kappa shape index (κ2) is 9.52. The van der Waals surface area contributed by atoms with Gasteiger partial charge in [-0.05, 0) is 31.0 Å². The van der Waals surface area contributed by atoms with Crippen molar-refractivity contribution in [2.45, 2.75) is 44.6 Å². The van der Waals surface area contributed by atoms with Crippen LogP contribution in [0.15, 0.2) is 71.8 Å². The Morgan fingerprint density at radius 1 is 1.07 bits per heavy atom. The number of aryl methyl sites for hydroxylation is 1. The van der Waals surface area contributed by atoms with Crippen molar-refractivity contribution in [2.75, 3.05) is 4.31 Å². The van der Waals surface area contributed by atoms with E-state index in [2.05, 4.69) is 17.2 Å². The number of hydrogen-bond acceptors (Lipinski definition) is 4. The lowest BCUT2D eigenvalue weighted by molar-refractivity contribution is 0.589. The molecule has 1 heterocycles. The van der Waals surface area contributed by atoms with E-state index in [1.54, 1.807) is 35.1 Å². The largest absolute Gasteiger partial charge is 0.265 e. The lowest BCUT2D eigenvalue weighted by atomic mass is 10.2. The standard InChI is InChI=1S/C22H26N4O2S/c1-3-4-5-9-16-25-18-22(23-24-25)26(17-20-10-7-6-8-11-20)29(27,28)21-14-12-19(2)13-15-21/h6-16,18H,3-5,17H2,1-2H3/b16-9+. The summed E-state index contributed by atoms with van der Waals surface area (Å²) >= 11 is 0. The van der Waals surface area contributed by atoms with Gasteiger partial charge in [-0.1, -0.05) is 79.1 Å². The van der Waals surface area contributed by atoms with Crippen LogP contribution in [0.2, 0.25) is 0 Å². The second-order valence-corrected chi connectivity index (χ2v) is 8.76.